The maximum atomic E-state index is 12.9. The molecule has 2 heterocycles. The number of carbonyl (C=O) groups excluding carboxylic acids is 1. The smallest absolute Gasteiger partial charge is 0.227 e. The van der Waals surface area contributed by atoms with E-state index in [2.05, 4.69) is 10.6 Å². The van der Waals surface area contributed by atoms with Crippen LogP contribution in [0.2, 0.25) is 5.02 Å². The number of imidazole rings is 1. The summed E-state index contributed by atoms with van der Waals surface area (Å²) < 4.78 is 13.4. The molecule has 3 aromatic carbocycles. The van der Waals surface area contributed by atoms with Crippen LogP contribution in [0.3, 0.4) is 0 Å². The van der Waals surface area contributed by atoms with Gasteiger partial charge in [-0.05, 0) is 67.1 Å². The van der Waals surface area contributed by atoms with Gasteiger partial charge in [0.1, 0.15) is 17.3 Å². The van der Waals surface area contributed by atoms with Crippen molar-refractivity contribution in [3.63, 3.8) is 0 Å². The number of amides is 1. The summed E-state index contributed by atoms with van der Waals surface area (Å²) >= 11 is 6.03. The predicted molar refractivity (Wildman–Crippen MR) is 134 cm³/mol. The van der Waals surface area contributed by atoms with Gasteiger partial charge in [-0.25, -0.2) is 4.98 Å². The molecular weight excluding hydrogens is 450 g/mol. The molecule has 1 amide bonds. The second-order valence-corrected chi connectivity index (χ2v) is 8.81. The van der Waals surface area contributed by atoms with Crippen molar-refractivity contribution in [2.75, 3.05) is 25.2 Å². The van der Waals surface area contributed by atoms with Gasteiger partial charge in [0, 0.05) is 36.1 Å². The number of ether oxygens (including phenoxy) is 2. The lowest BCUT2D eigenvalue weighted by atomic mass is 10.1. The van der Waals surface area contributed by atoms with Gasteiger partial charge in [-0.1, -0.05) is 23.7 Å². The third-order valence-electron chi connectivity index (χ3n) is 6.17. The minimum absolute atomic E-state index is 0.0260. The summed E-state index contributed by atoms with van der Waals surface area (Å²) in [6, 6.07) is 23.1. The molecule has 1 aliphatic rings. The SMILES string of the molecule is COc1ccc(OCCCn2c(C3CC(=O)N(c4ccc(Cl)cc4)C3)nc3ccccc32)cc1. The fraction of sp³-hybridized carbons (Fsp3) is 0.259. The lowest BCUT2D eigenvalue weighted by Crippen LogP contribution is -2.24. The summed E-state index contributed by atoms with van der Waals surface area (Å²) in [6.45, 7) is 1.95. The zero-order valence-electron chi connectivity index (χ0n) is 19.0. The standard InChI is InChI=1S/C27H26ClN3O3/c1-33-22-11-13-23(14-12-22)34-16-4-15-30-25-6-3-2-5-24(25)29-27(30)19-17-26(32)31(18-19)21-9-7-20(28)8-10-21/h2-3,5-14,19H,4,15-18H2,1H3. The van der Waals surface area contributed by atoms with Gasteiger partial charge in [0.2, 0.25) is 5.91 Å². The van der Waals surface area contributed by atoms with E-state index in [1.54, 1.807) is 7.11 Å². The lowest BCUT2D eigenvalue weighted by molar-refractivity contribution is -0.117. The van der Waals surface area contributed by atoms with Crippen molar-refractivity contribution < 1.29 is 14.3 Å². The average Bonchev–Trinajstić information content (AvgIpc) is 3.43. The van der Waals surface area contributed by atoms with E-state index in [-0.39, 0.29) is 11.8 Å². The number of carbonyl (C=O) groups is 1. The van der Waals surface area contributed by atoms with Gasteiger partial charge < -0.3 is 18.9 Å². The van der Waals surface area contributed by atoms with Crippen molar-refractivity contribution in [3.8, 4) is 11.5 Å². The fourth-order valence-corrected chi connectivity index (χ4v) is 4.60. The summed E-state index contributed by atoms with van der Waals surface area (Å²) in [5.41, 5.74) is 2.90. The Morgan fingerprint density at radius 2 is 1.74 bits per heavy atom. The molecular formula is C27H26ClN3O3. The number of fused-ring (bicyclic) bond motifs is 1. The molecule has 0 bridgehead atoms. The van der Waals surface area contributed by atoms with E-state index in [4.69, 9.17) is 26.1 Å². The summed E-state index contributed by atoms with van der Waals surface area (Å²) in [6.07, 6.45) is 1.26. The Kier molecular flexibility index (Phi) is 6.41. The lowest BCUT2D eigenvalue weighted by Gasteiger charge is -2.17. The van der Waals surface area contributed by atoms with E-state index >= 15 is 0 Å². The summed E-state index contributed by atoms with van der Waals surface area (Å²) in [5.74, 6) is 2.71. The molecule has 0 aliphatic carbocycles. The first kappa shape index (κ1) is 22.3. The maximum absolute atomic E-state index is 12.9. The van der Waals surface area contributed by atoms with Gasteiger partial charge >= 0.3 is 0 Å². The van der Waals surface area contributed by atoms with E-state index in [1.165, 1.54) is 0 Å². The topological polar surface area (TPSA) is 56.6 Å². The van der Waals surface area contributed by atoms with Gasteiger partial charge in [0.25, 0.3) is 0 Å². The highest BCUT2D eigenvalue weighted by atomic mass is 35.5. The van der Waals surface area contributed by atoms with Gasteiger partial charge in [-0.3, -0.25) is 4.79 Å². The van der Waals surface area contributed by atoms with Crippen LogP contribution in [0.5, 0.6) is 11.5 Å². The first-order valence-electron chi connectivity index (χ1n) is 11.4. The Balaban J connectivity index is 1.32. The van der Waals surface area contributed by atoms with Crippen molar-refractivity contribution in [1.82, 2.24) is 9.55 Å². The number of hydrogen-bond donors (Lipinski definition) is 0. The molecule has 0 spiro atoms. The van der Waals surface area contributed by atoms with Gasteiger partial charge in [0.05, 0.1) is 24.8 Å². The molecule has 5 rings (SSSR count). The van der Waals surface area contributed by atoms with Crippen molar-refractivity contribution in [3.05, 3.63) is 83.6 Å². The highest BCUT2D eigenvalue weighted by Gasteiger charge is 2.34. The quantitative estimate of drug-likeness (QED) is 0.307. The maximum Gasteiger partial charge on any atom is 0.227 e. The van der Waals surface area contributed by atoms with E-state index in [1.807, 2.05) is 71.6 Å². The third kappa shape index (κ3) is 4.59. The van der Waals surface area contributed by atoms with Crippen molar-refractivity contribution in [2.45, 2.75) is 25.3 Å². The van der Waals surface area contributed by atoms with Crippen molar-refractivity contribution >= 4 is 34.2 Å². The molecule has 4 aromatic rings. The van der Waals surface area contributed by atoms with Gasteiger partial charge in [0.15, 0.2) is 0 Å². The Bertz CT molecular complexity index is 1280. The molecule has 0 radical (unpaired) electrons. The molecule has 0 N–H and O–H groups in total. The van der Waals surface area contributed by atoms with E-state index in [0.717, 1.165) is 47.0 Å². The highest BCUT2D eigenvalue weighted by molar-refractivity contribution is 6.30. The van der Waals surface area contributed by atoms with Crippen LogP contribution < -0.4 is 14.4 Å². The Morgan fingerprint density at radius 1 is 1.00 bits per heavy atom. The number of rotatable bonds is 8. The van der Waals surface area contributed by atoms with Crippen LogP contribution in [0.4, 0.5) is 5.69 Å². The number of hydrogen-bond acceptors (Lipinski definition) is 4. The van der Waals surface area contributed by atoms with Crippen molar-refractivity contribution in [1.29, 1.82) is 0 Å². The summed E-state index contributed by atoms with van der Waals surface area (Å²) in [4.78, 5) is 19.6. The predicted octanol–water partition coefficient (Wildman–Crippen LogP) is 5.69. The normalized spacial score (nSPS) is 15.8. The van der Waals surface area contributed by atoms with Gasteiger partial charge in [-0.15, -0.1) is 0 Å². The highest BCUT2D eigenvalue weighted by Crippen LogP contribution is 2.33. The minimum Gasteiger partial charge on any atom is -0.497 e. The number of aryl methyl sites for hydroxylation is 1. The second kappa shape index (κ2) is 9.77. The molecule has 1 fully saturated rings. The number of para-hydroxylation sites is 2. The summed E-state index contributed by atoms with van der Waals surface area (Å²) in [7, 11) is 1.65. The van der Waals surface area contributed by atoms with Crippen LogP contribution in [0.1, 0.15) is 24.6 Å². The molecule has 1 atom stereocenters. The number of aromatic nitrogens is 2. The van der Waals surface area contributed by atoms with Crippen LogP contribution in [-0.4, -0.2) is 35.7 Å². The van der Waals surface area contributed by atoms with Crippen molar-refractivity contribution in [2.24, 2.45) is 0 Å². The van der Waals surface area contributed by atoms with E-state index in [9.17, 15) is 4.79 Å². The van der Waals surface area contributed by atoms with Crippen LogP contribution in [0.15, 0.2) is 72.8 Å². The van der Waals surface area contributed by atoms with Gasteiger partial charge in [-0.2, -0.15) is 0 Å². The first-order chi connectivity index (χ1) is 16.6. The fourth-order valence-electron chi connectivity index (χ4n) is 4.48. The Morgan fingerprint density at radius 3 is 2.50 bits per heavy atom. The third-order valence-corrected chi connectivity index (χ3v) is 6.42. The molecule has 7 heteroatoms. The molecule has 174 valence electrons. The molecule has 0 saturated carbocycles. The van der Waals surface area contributed by atoms with Crippen LogP contribution in [0, 0.1) is 0 Å². The molecule has 1 aromatic heterocycles. The molecule has 1 saturated heterocycles. The molecule has 1 aliphatic heterocycles. The Labute approximate surface area is 203 Å². The van der Waals surface area contributed by atoms with Crippen LogP contribution >= 0.6 is 11.6 Å². The monoisotopic (exact) mass is 475 g/mol. The molecule has 6 nitrogen and oxygen atoms in total. The van der Waals surface area contributed by atoms with Crippen LogP contribution in [-0.2, 0) is 11.3 Å². The Hall–Kier alpha value is -3.51. The second-order valence-electron chi connectivity index (χ2n) is 8.37. The zero-order valence-corrected chi connectivity index (χ0v) is 19.7. The van der Waals surface area contributed by atoms with Crippen LogP contribution in [0.25, 0.3) is 11.0 Å². The van der Waals surface area contributed by atoms with E-state index < -0.39 is 0 Å². The number of methoxy groups -OCH3 is 1. The number of benzene rings is 3. The number of nitrogens with zero attached hydrogens (tertiary/aromatic N) is 3. The first-order valence-corrected chi connectivity index (χ1v) is 11.8. The minimum atomic E-state index is 0.0260. The largest absolute Gasteiger partial charge is 0.497 e. The molecule has 1 unspecified atom stereocenters. The van der Waals surface area contributed by atoms with E-state index in [0.29, 0.717) is 24.6 Å². The summed E-state index contributed by atoms with van der Waals surface area (Å²) in [5, 5.41) is 0.658. The zero-order chi connectivity index (χ0) is 23.5. The number of anilines is 1. The number of halogens is 1. The molecule has 34 heavy (non-hydrogen) atoms. The average molecular weight is 476 g/mol.